The van der Waals surface area contributed by atoms with E-state index < -0.39 is 0 Å². The lowest BCUT2D eigenvalue weighted by Gasteiger charge is -2.06. The van der Waals surface area contributed by atoms with Crippen molar-refractivity contribution >= 4 is 17.1 Å². The van der Waals surface area contributed by atoms with Crippen molar-refractivity contribution in [3.8, 4) is 0 Å². The van der Waals surface area contributed by atoms with Gasteiger partial charge in [-0.1, -0.05) is 6.07 Å². The van der Waals surface area contributed by atoms with Gasteiger partial charge in [0.1, 0.15) is 5.78 Å². The Morgan fingerprint density at radius 3 is 2.69 bits per heavy atom. The van der Waals surface area contributed by atoms with Crippen LogP contribution in [-0.4, -0.2) is 5.78 Å². The van der Waals surface area contributed by atoms with Gasteiger partial charge in [-0.3, -0.25) is 4.79 Å². The second kappa shape index (κ2) is 3.19. The molecular weight excluding hydrogens is 216 g/mol. The molecule has 2 bridgehead atoms. The van der Waals surface area contributed by atoms with E-state index in [1.807, 2.05) is 6.07 Å². The van der Waals surface area contributed by atoms with Crippen molar-refractivity contribution in [2.24, 2.45) is 29.6 Å². The van der Waals surface area contributed by atoms with Gasteiger partial charge >= 0.3 is 0 Å². The SMILES string of the molecule is O=C(Cc1cccs1)C1C2C3CCC(C3)C12. The minimum atomic E-state index is 0.466. The number of carbonyl (C=O) groups excluding carboxylic acids is 1. The number of hydrogen-bond donors (Lipinski definition) is 0. The maximum Gasteiger partial charge on any atom is 0.141 e. The summed E-state index contributed by atoms with van der Waals surface area (Å²) in [6.07, 6.45) is 4.97. The van der Waals surface area contributed by atoms with E-state index in [1.54, 1.807) is 11.3 Å². The highest BCUT2D eigenvalue weighted by Gasteiger charge is 2.66. The molecule has 1 nitrogen and oxygen atoms in total. The molecule has 1 aromatic rings. The maximum absolute atomic E-state index is 12.2. The van der Waals surface area contributed by atoms with E-state index in [0.717, 1.165) is 23.7 Å². The highest BCUT2D eigenvalue weighted by molar-refractivity contribution is 7.10. The predicted octanol–water partition coefficient (Wildman–Crippen LogP) is 3.15. The Morgan fingerprint density at radius 1 is 1.31 bits per heavy atom. The average Bonchev–Trinajstić information content (AvgIpc) is 2.73. The number of carbonyl (C=O) groups is 1. The Kier molecular flexibility index (Phi) is 1.88. The molecule has 0 radical (unpaired) electrons. The van der Waals surface area contributed by atoms with Gasteiger partial charge in [-0.2, -0.15) is 0 Å². The molecule has 4 unspecified atom stereocenters. The molecule has 1 aromatic heterocycles. The fraction of sp³-hybridized carbons (Fsp3) is 0.643. The van der Waals surface area contributed by atoms with Gasteiger partial charge in [-0.25, -0.2) is 0 Å². The molecule has 1 heterocycles. The van der Waals surface area contributed by atoms with Crippen LogP contribution in [0.3, 0.4) is 0 Å². The minimum absolute atomic E-state index is 0.466. The van der Waals surface area contributed by atoms with Crippen molar-refractivity contribution < 1.29 is 4.79 Å². The van der Waals surface area contributed by atoms with Gasteiger partial charge in [-0.15, -0.1) is 11.3 Å². The molecule has 4 atom stereocenters. The number of Topliss-reactive ketones (excluding diaryl/α,β-unsaturated/α-hetero) is 1. The number of thiophene rings is 1. The molecule has 3 saturated carbocycles. The largest absolute Gasteiger partial charge is 0.299 e. The van der Waals surface area contributed by atoms with Crippen molar-refractivity contribution in [1.82, 2.24) is 0 Å². The van der Waals surface area contributed by atoms with Gasteiger partial charge < -0.3 is 0 Å². The van der Waals surface area contributed by atoms with Crippen molar-refractivity contribution in [1.29, 1.82) is 0 Å². The smallest absolute Gasteiger partial charge is 0.141 e. The first-order chi connectivity index (χ1) is 7.84. The number of hydrogen-bond acceptors (Lipinski definition) is 2. The quantitative estimate of drug-likeness (QED) is 0.782. The highest BCUT2D eigenvalue weighted by atomic mass is 32.1. The highest BCUT2D eigenvalue weighted by Crippen LogP contribution is 2.69. The van der Waals surface area contributed by atoms with Crippen LogP contribution in [0.5, 0.6) is 0 Å². The molecule has 3 fully saturated rings. The Balaban J connectivity index is 1.47. The fourth-order valence-electron chi connectivity index (χ4n) is 4.46. The zero-order chi connectivity index (χ0) is 10.7. The van der Waals surface area contributed by atoms with Gasteiger partial charge in [0.05, 0.1) is 0 Å². The summed E-state index contributed by atoms with van der Waals surface area (Å²) in [4.78, 5) is 13.5. The molecule has 16 heavy (non-hydrogen) atoms. The van der Waals surface area contributed by atoms with Crippen molar-refractivity contribution in [3.05, 3.63) is 22.4 Å². The fourth-order valence-corrected chi connectivity index (χ4v) is 5.17. The lowest BCUT2D eigenvalue weighted by Crippen LogP contribution is -2.11. The summed E-state index contributed by atoms with van der Waals surface area (Å²) in [5, 5.41) is 2.07. The van der Waals surface area contributed by atoms with Crippen LogP contribution in [0.4, 0.5) is 0 Å². The van der Waals surface area contributed by atoms with Crippen molar-refractivity contribution in [2.45, 2.75) is 25.7 Å². The van der Waals surface area contributed by atoms with Gasteiger partial charge in [0.25, 0.3) is 0 Å². The van der Waals surface area contributed by atoms with Crippen LogP contribution in [0.25, 0.3) is 0 Å². The lowest BCUT2D eigenvalue weighted by atomic mass is 9.98. The third kappa shape index (κ3) is 1.20. The van der Waals surface area contributed by atoms with E-state index in [1.165, 1.54) is 24.1 Å². The molecule has 0 aliphatic heterocycles. The first-order valence-corrected chi connectivity index (χ1v) is 7.27. The number of rotatable bonds is 3. The maximum atomic E-state index is 12.2. The second-order valence-corrected chi connectivity index (χ2v) is 6.77. The van der Waals surface area contributed by atoms with Crippen molar-refractivity contribution in [3.63, 3.8) is 0 Å². The molecule has 3 aliphatic rings. The summed E-state index contributed by atoms with van der Waals surface area (Å²) < 4.78 is 0. The Bertz CT molecular complexity index is 406. The van der Waals surface area contributed by atoms with E-state index in [-0.39, 0.29) is 0 Å². The standard InChI is InChI=1S/C14H16OS/c15-11(7-10-2-1-5-16-10)14-12-8-3-4-9(6-8)13(12)14/h1-2,5,8-9,12-14H,3-4,6-7H2. The van der Waals surface area contributed by atoms with Gasteiger partial charge in [-0.05, 0) is 54.4 Å². The molecule has 84 valence electrons. The zero-order valence-electron chi connectivity index (χ0n) is 9.26. The van der Waals surface area contributed by atoms with E-state index in [2.05, 4.69) is 11.4 Å². The van der Waals surface area contributed by atoms with E-state index in [9.17, 15) is 4.79 Å². The summed E-state index contributed by atoms with van der Waals surface area (Å²) in [6.45, 7) is 0. The summed E-state index contributed by atoms with van der Waals surface area (Å²) in [6, 6.07) is 4.14. The molecule has 0 saturated heterocycles. The van der Waals surface area contributed by atoms with Gasteiger partial charge in [0.2, 0.25) is 0 Å². The minimum Gasteiger partial charge on any atom is -0.299 e. The van der Waals surface area contributed by atoms with Crippen LogP contribution in [0.1, 0.15) is 24.1 Å². The van der Waals surface area contributed by atoms with Crippen LogP contribution >= 0.6 is 11.3 Å². The lowest BCUT2D eigenvalue weighted by molar-refractivity contribution is -0.120. The first kappa shape index (κ1) is 9.41. The molecule has 0 spiro atoms. The van der Waals surface area contributed by atoms with E-state index >= 15 is 0 Å². The van der Waals surface area contributed by atoms with Crippen LogP contribution < -0.4 is 0 Å². The summed E-state index contributed by atoms with van der Waals surface area (Å²) in [7, 11) is 0. The van der Waals surface area contributed by atoms with Crippen molar-refractivity contribution in [2.75, 3.05) is 0 Å². The normalized spacial score (nSPS) is 43.4. The Labute approximate surface area is 99.9 Å². The topological polar surface area (TPSA) is 17.1 Å². The Hall–Kier alpha value is -0.630. The van der Waals surface area contributed by atoms with E-state index in [0.29, 0.717) is 18.1 Å². The number of ketones is 1. The Morgan fingerprint density at radius 2 is 2.06 bits per heavy atom. The molecule has 0 N–H and O–H groups in total. The summed E-state index contributed by atoms with van der Waals surface area (Å²) >= 11 is 1.72. The third-order valence-electron chi connectivity index (χ3n) is 5.04. The second-order valence-electron chi connectivity index (χ2n) is 5.74. The monoisotopic (exact) mass is 232 g/mol. The zero-order valence-corrected chi connectivity index (χ0v) is 10.1. The first-order valence-electron chi connectivity index (χ1n) is 6.39. The average molecular weight is 232 g/mol. The van der Waals surface area contributed by atoms with Gasteiger partial charge in [0.15, 0.2) is 0 Å². The number of fused-ring (bicyclic) bond motifs is 5. The third-order valence-corrected chi connectivity index (χ3v) is 5.91. The predicted molar refractivity (Wildman–Crippen MR) is 64.3 cm³/mol. The summed E-state index contributed by atoms with van der Waals surface area (Å²) in [5.74, 6) is 4.47. The van der Waals surface area contributed by atoms with Crippen LogP contribution in [0.2, 0.25) is 0 Å². The molecule has 2 heteroatoms. The van der Waals surface area contributed by atoms with Gasteiger partial charge in [0, 0.05) is 17.2 Å². The molecule has 3 aliphatic carbocycles. The summed E-state index contributed by atoms with van der Waals surface area (Å²) in [5.41, 5.74) is 0. The van der Waals surface area contributed by atoms with Crippen LogP contribution in [-0.2, 0) is 11.2 Å². The molecule has 0 aromatic carbocycles. The molecule has 4 rings (SSSR count). The van der Waals surface area contributed by atoms with E-state index in [4.69, 9.17) is 0 Å². The van der Waals surface area contributed by atoms with Crippen LogP contribution in [0, 0.1) is 29.6 Å². The van der Waals surface area contributed by atoms with Crippen LogP contribution in [0.15, 0.2) is 17.5 Å². The molecular formula is C14H16OS. The molecule has 0 amide bonds.